The van der Waals surface area contributed by atoms with E-state index >= 15 is 0 Å². The summed E-state index contributed by atoms with van der Waals surface area (Å²) in [4.78, 5) is 22.3. The van der Waals surface area contributed by atoms with Crippen LogP contribution in [0.25, 0.3) is 10.9 Å². The number of thioether (sulfide) groups is 1. The van der Waals surface area contributed by atoms with Gasteiger partial charge in [0.1, 0.15) is 5.15 Å². The highest BCUT2D eigenvalue weighted by Crippen LogP contribution is 2.26. The quantitative estimate of drug-likeness (QED) is 0.458. The number of para-hydroxylation sites is 1. The summed E-state index contributed by atoms with van der Waals surface area (Å²) in [5, 5.41) is 2.10. The largest absolute Gasteiger partial charge is 0.301 e. The molecule has 0 aliphatic carbocycles. The SMILES string of the molecule is O=c1ccnc(SCc2cc3ccccc3nc2Cl)[nH]1. The number of nitrogens with one attached hydrogen (secondary N) is 1. The number of nitrogens with zero attached hydrogens (tertiary/aromatic N) is 2. The molecule has 0 bridgehead atoms. The molecule has 0 saturated carbocycles. The van der Waals surface area contributed by atoms with Crippen LogP contribution in [0.2, 0.25) is 5.15 Å². The van der Waals surface area contributed by atoms with Gasteiger partial charge in [0, 0.05) is 29.0 Å². The van der Waals surface area contributed by atoms with E-state index in [9.17, 15) is 4.79 Å². The minimum atomic E-state index is -0.162. The lowest BCUT2D eigenvalue weighted by molar-refractivity contribution is 0.936. The molecule has 0 saturated heterocycles. The molecule has 1 aromatic carbocycles. The second kappa shape index (κ2) is 5.64. The first kappa shape index (κ1) is 13.1. The second-order valence-electron chi connectivity index (χ2n) is 4.16. The van der Waals surface area contributed by atoms with Crippen LogP contribution in [0.15, 0.2) is 52.5 Å². The molecule has 1 N–H and O–H groups in total. The van der Waals surface area contributed by atoms with Crippen molar-refractivity contribution in [2.45, 2.75) is 10.9 Å². The molecule has 100 valence electrons. The van der Waals surface area contributed by atoms with E-state index in [-0.39, 0.29) is 5.56 Å². The maximum atomic E-state index is 11.2. The van der Waals surface area contributed by atoms with Crippen molar-refractivity contribution in [3.63, 3.8) is 0 Å². The van der Waals surface area contributed by atoms with Crippen molar-refractivity contribution in [1.82, 2.24) is 15.0 Å². The maximum Gasteiger partial charge on any atom is 0.251 e. The molecule has 0 spiro atoms. The number of H-pyrrole nitrogens is 1. The predicted molar refractivity (Wildman–Crippen MR) is 81.2 cm³/mol. The van der Waals surface area contributed by atoms with Crippen LogP contribution in [0.3, 0.4) is 0 Å². The summed E-state index contributed by atoms with van der Waals surface area (Å²) in [6.07, 6.45) is 1.49. The van der Waals surface area contributed by atoms with Crippen molar-refractivity contribution in [2.75, 3.05) is 0 Å². The van der Waals surface area contributed by atoms with Crippen molar-refractivity contribution in [1.29, 1.82) is 0 Å². The first-order valence-corrected chi connectivity index (χ1v) is 7.31. The number of aromatic nitrogens is 3. The molecule has 20 heavy (non-hydrogen) atoms. The molecule has 2 aromatic heterocycles. The fourth-order valence-corrected chi connectivity index (χ4v) is 2.92. The van der Waals surface area contributed by atoms with Gasteiger partial charge in [0.25, 0.3) is 5.56 Å². The summed E-state index contributed by atoms with van der Waals surface area (Å²) < 4.78 is 0. The van der Waals surface area contributed by atoms with Crippen LogP contribution in [0.1, 0.15) is 5.56 Å². The van der Waals surface area contributed by atoms with Gasteiger partial charge in [-0.25, -0.2) is 9.97 Å². The molecule has 4 nitrogen and oxygen atoms in total. The molecule has 0 amide bonds. The zero-order valence-electron chi connectivity index (χ0n) is 10.3. The highest BCUT2D eigenvalue weighted by Gasteiger charge is 2.06. The Balaban J connectivity index is 1.87. The number of aromatic amines is 1. The second-order valence-corrected chi connectivity index (χ2v) is 5.48. The Bertz CT molecular complexity index is 819. The van der Waals surface area contributed by atoms with E-state index < -0.39 is 0 Å². The Hall–Kier alpha value is -1.85. The zero-order valence-corrected chi connectivity index (χ0v) is 11.9. The van der Waals surface area contributed by atoms with Crippen molar-refractivity contribution < 1.29 is 0 Å². The Morgan fingerprint density at radius 3 is 2.95 bits per heavy atom. The van der Waals surface area contributed by atoms with E-state index in [1.165, 1.54) is 24.0 Å². The number of benzene rings is 1. The van der Waals surface area contributed by atoms with Crippen LogP contribution in [0, 0.1) is 0 Å². The normalized spacial score (nSPS) is 10.8. The standard InChI is InChI=1S/C14H10ClN3OS/c15-13-10(7-9-3-1-2-4-11(9)17-13)8-20-14-16-6-5-12(19)18-14/h1-7H,8H2,(H,16,18,19). The molecular formula is C14H10ClN3OS. The Morgan fingerprint density at radius 2 is 2.10 bits per heavy atom. The van der Waals surface area contributed by atoms with E-state index in [2.05, 4.69) is 15.0 Å². The summed E-state index contributed by atoms with van der Waals surface area (Å²) in [7, 11) is 0. The number of halogens is 1. The molecule has 0 fully saturated rings. The molecular weight excluding hydrogens is 294 g/mol. The van der Waals surface area contributed by atoms with Gasteiger partial charge >= 0.3 is 0 Å². The van der Waals surface area contributed by atoms with Crippen LogP contribution in [0.5, 0.6) is 0 Å². The van der Waals surface area contributed by atoms with E-state index in [4.69, 9.17) is 11.6 Å². The number of hydrogen-bond acceptors (Lipinski definition) is 4. The molecule has 3 aromatic rings. The third-order valence-electron chi connectivity index (χ3n) is 2.76. The molecule has 6 heteroatoms. The summed E-state index contributed by atoms with van der Waals surface area (Å²) in [5.74, 6) is 0.601. The topological polar surface area (TPSA) is 58.6 Å². The van der Waals surface area contributed by atoms with Crippen LogP contribution in [-0.2, 0) is 5.75 Å². The summed E-state index contributed by atoms with van der Waals surface area (Å²) in [6.45, 7) is 0. The van der Waals surface area contributed by atoms with Gasteiger partial charge < -0.3 is 4.98 Å². The molecule has 0 radical (unpaired) electrons. The summed E-state index contributed by atoms with van der Waals surface area (Å²) >= 11 is 7.60. The molecule has 0 aliphatic rings. The summed E-state index contributed by atoms with van der Waals surface area (Å²) in [6, 6.07) is 11.2. The number of hydrogen-bond donors (Lipinski definition) is 1. The van der Waals surface area contributed by atoms with Gasteiger partial charge in [-0.2, -0.15) is 0 Å². The van der Waals surface area contributed by atoms with Crippen LogP contribution >= 0.6 is 23.4 Å². The van der Waals surface area contributed by atoms with Crippen LogP contribution in [0.4, 0.5) is 0 Å². The lowest BCUT2D eigenvalue weighted by Crippen LogP contribution is -2.05. The first-order valence-electron chi connectivity index (χ1n) is 5.95. The predicted octanol–water partition coefficient (Wildman–Crippen LogP) is 3.26. The minimum absolute atomic E-state index is 0.162. The van der Waals surface area contributed by atoms with Crippen molar-refractivity contribution in [2.24, 2.45) is 0 Å². The monoisotopic (exact) mass is 303 g/mol. The van der Waals surface area contributed by atoms with Gasteiger partial charge in [-0.15, -0.1) is 0 Å². The molecule has 0 unspecified atom stereocenters. The van der Waals surface area contributed by atoms with E-state index in [1.54, 1.807) is 0 Å². The van der Waals surface area contributed by atoms with Gasteiger partial charge in [-0.1, -0.05) is 41.6 Å². The van der Waals surface area contributed by atoms with Crippen molar-refractivity contribution in [3.8, 4) is 0 Å². The summed E-state index contributed by atoms with van der Waals surface area (Å²) in [5.41, 5.74) is 1.63. The van der Waals surface area contributed by atoms with Crippen molar-refractivity contribution in [3.05, 3.63) is 63.7 Å². The van der Waals surface area contributed by atoms with Crippen molar-refractivity contribution >= 4 is 34.3 Å². The first-order chi connectivity index (χ1) is 9.72. The molecule has 0 aliphatic heterocycles. The molecule has 0 atom stereocenters. The van der Waals surface area contributed by atoms with Gasteiger partial charge in [-0.05, 0) is 12.1 Å². The zero-order chi connectivity index (χ0) is 13.9. The maximum absolute atomic E-state index is 11.2. The smallest absolute Gasteiger partial charge is 0.251 e. The van der Waals surface area contributed by atoms with E-state index in [0.717, 1.165) is 16.5 Å². The van der Waals surface area contributed by atoms with E-state index in [1.807, 2.05) is 30.3 Å². The lowest BCUT2D eigenvalue weighted by Gasteiger charge is -2.05. The Labute approximate surface area is 124 Å². The number of fused-ring (bicyclic) bond motifs is 1. The average Bonchev–Trinajstić information content (AvgIpc) is 2.45. The fourth-order valence-electron chi connectivity index (χ4n) is 1.81. The van der Waals surface area contributed by atoms with E-state index in [0.29, 0.717) is 16.1 Å². The Kier molecular flexibility index (Phi) is 3.71. The van der Waals surface area contributed by atoms with Gasteiger partial charge in [0.05, 0.1) is 5.52 Å². The number of pyridine rings is 1. The van der Waals surface area contributed by atoms with Crippen LogP contribution in [-0.4, -0.2) is 15.0 Å². The molecule has 2 heterocycles. The lowest BCUT2D eigenvalue weighted by atomic mass is 10.2. The molecule has 3 rings (SSSR count). The van der Waals surface area contributed by atoms with Crippen LogP contribution < -0.4 is 5.56 Å². The Morgan fingerprint density at radius 1 is 1.25 bits per heavy atom. The highest BCUT2D eigenvalue weighted by molar-refractivity contribution is 7.98. The minimum Gasteiger partial charge on any atom is -0.301 e. The highest BCUT2D eigenvalue weighted by atomic mass is 35.5. The van der Waals surface area contributed by atoms with Gasteiger partial charge in [-0.3, -0.25) is 4.79 Å². The third-order valence-corrected chi connectivity index (χ3v) is 4.03. The average molecular weight is 304 g/mol. The number of rotatable bonds is 3. The fraction of sp³-hybridized carbons (Fsp3) is 0.0714. The van der Waals surface area contributed by atoms with Gasteiger partial charge in [0.2, 0.25) is 0 Å². The third kappa shape index (κ3) is 2.84. The van der Waals surface area contributed by atoms with Gasteiger partial charge in [0.15, 0.2) is 5.16 Å².